The summed E-state index contributed by atoms with van der Waals surface area (Å²) in [4.78, 5) is 11.8. The number of amides is 1. The van der Waals surface area contributed by atoms with Gasteiger partial charge in [-0.05, 0) is 49.4 Å². The van der Waals surface area contributed by atoms with E-state index in [-0.39, 0.29) is 10.6 Å². The zero-order chi connectivity index (χ0) is 16.7. The largest absolute Gasteiger partial charge is 0.342 e. The normalized spacial score (nSPS) is 17.5. The zero-order valence-corrected chi connectivity index (χ0v) is 14.8. The highest BCUT2D eigenvalue weighted by Gasteiger charge is 2.29. The van der Waals surface area contributed by atoms with Crippen LogP contribution in [0.3, 0.4) is 0 Å². The fourth-order valence-electron chi connectivity index (χ4n) is 2.09. The Bertz CT molecular complexity index is 593. The molecule has 0 aliphatic carbocycles. The Kier molecular flexibility index (Phi) is 7.25. The van der Waals surface area contributed by atoms with E-state index >= 15 is 0 Å². The Morgan fingerprint density at radius 3 is 2.74 bits per heavy atom. The van der Waals surface area contributed by atoms with Gasteiger partial charge in [-0.25, -0.2) is 0 Å². The molecule has 1 aliphatic heterocycles. The Labute approximate surface area is 146 Å². The molecule has 1 aromatic rings. The number of halogens is 1. The lowest BCUT2D eigenvalue weighted by Crippen LogP contribution is -2.17. The van der Waals surface area contributed by atoms with Crippen molar-refractivity contribution >= 4 is 29.5 Å². The summed E-state index contributed by atoms with van der Waals surface area (Å²) in [5, 5.41) is 0. The molecule has 6 heteroatoms. The van der Waals surface area contributed by atoms with Crippen molar-refractivity contribution in [3.63, 3.8) is 0 Å². The van der Waals surface area contributed by atoms with Crippen LogP contribution in [0.2, 0.25) is 0 Å². The van der Waals surface area contributed by atoms with Gasteiger partial charge >= 0.3 is 0 Å². The highest BCUT2D eigenvalue weighted by molar-refractivity contribution is 7.99. The van der Waals surface area contributed by atoms with Gasteiger partial charge < -0.3 is 9.47 Å². The van der Waals surface area contributed by atoms with E-state index in [0.29, 0.717) is 26.2 Å². The number of carbonyl (C=O) groups excluding carboxylic acids is 1. The fourth-order valence-corrected chi connectivity index (χ4v) is 3.42. The molecule has 0 radical (unpaired) electrons. The number of hydrogen-bond acceptors (Lipinski definition) is 4. The lowest BCUT2D eigenvalue weighted by molar-refractivity contribution is -0.125. The molecule has 0 N–H and O–H groups in total. The molecule has 1 heterocycles. The number of alkyl halides is 1. The topological polar surface area (TPSA) is 38.8 Å². The van der Waals surface area contributed by atoms with Gasteiger partial charge in [-0.15, -0.1) is 11.6 Å². The van der Waals surface area contributed by atoms with Gasteiger partial charge in [-0.1, -0.05) is 18.1 Å². The summed E-state index contributed by atoms with van der Waals surface area (Å²) in [7, 11) is 0. The van der Waals surface area contributed by atoms with Crippen LogP contribution >= 0.6 is 23.5 Å². The van der Waals surface area contributed by atoms with Crippen molar-refractivity contribution in [1.82, 2.24) is 4.31 Å². The Hall–Kier alpha value is -1.19. The molecule has 124 valence electrons. The number of rotatable bonds is 6. The molecule has 4 nitrogen and oxygen atoms in total. The van der Waals surface area contributed by atoms with Crippen LogP contribution in [-0.4, -0.2) is 34.4 Å². The van der Waals surface area contributed by atoms with Crippen LogP contribution in [0, 0.1) is 11.8 Å². The molecule has 1 saturated heterocycles. The molecule has 1 atom stereocenters. The third-order valence-corrected chi connectivity index (χ3v) is 4.45. The van der Waals surface area contributed by atoms with Gasteiger partial charge in [-0.3, -0.25) is 9.10 Å². The molecule has 1 unspecified atom stereocenters. The maximum absolute atomic E-state index is 11.8. The minimum atomic E-state index is -0.513. The van der Waals surface area contributed by atoms with Gasteiger partial charge in [0, 0.05) is 18.8 Å². The Morgan fingerprint density at radius 2 is 2.13 bits per heavy atom. The molecular formula is C17H20ClNO3S. The average Bonchev–Trinajstić information content (AvgIpc) is 2.83. The molecule has 1 amide bonds. The van der Waals surface area contributed by atoms with Gasteiger partial charge in [-0.2, -0.15) is 0 Å². The van der Waals surface area contributed by atoms with Crippen molar-refractivity contribution in [3.05, 3.63) is 35.4 Å². The van der Waals surface area contributed by atoms with Crippen LogP contribution in [0.25, 0.3) is 0 Å². The molecule has 0 saturated carbocycles. The van der Waals surface area contributed by atoms with Crippen molar-refractivity contribution in [3.8, 4) is 11.8 Å². The van der Waals surface area contributed by atoms with E-state index in [1.807, 2.05) is 38.1 Å². The summed E-state index contributed by atoms with van der Waals surface area (Å²) in [5.41, 5.74) is 1.89. The lowest BCUT2D eigenvalue weighted by atomic mass is 10.1. The lowest BCUT2D eigenvalue weighted by Gasteiger charge is -2.14. The summed E-state index contributed by atoms with van der Waals surface area (Å²) >= 11 is 7.37. The predicted octanol–water partition coefficient (Wildman–Crippen LogP) is 3.38. The van der Waals surface area contributed by atoms with Crippen LogP contribution in [0.15, 0.2) is 24.3 Å². The first kappa shape index (κ1) is 18.2. The zero-order valence-electron chi connectivity index (χ0n) is 13.3. The average molecular weight is 354 g/mol. The summed E-state index contributed by atoms with van der Waals surface area (Å²) in [6.45, 7) is 5.44. The number of ether oxygens (including phenoxy) is 2. The maximum Gasteiger partial charge on any atom is 0.235 e. The minimum absolute atomic E-state index is 0.0687. The second-order valence-electron chi connectivity index (χ2n) is 4.86. The number of nitrogens with zero attached hydrogens (tertiary/aromatic N) is 1. The molecule has 1 fully saturated rings. The smallest absolute Gasteiger partial charge is 0.235 e. The van der Waals surface area contributed by atoms with E-state index in [0.717, 1.165) is 11.1 Å². The quantitative estimate of drug-likeness (QED) is 0.340. The van der Waals surface area contributed by atoms with Crippen molar-refractivity contribution < 1.29 is 14.3 Å². The standard InChI is InChI=1S/C17H20ClNO3S/c1-3-21-17(22-4-2)9-8-13-6-5-7-14(10-13)12-19-16(20)11-15(18)23-19/h5-7,10,15,17H,3-4,11-12H2,1-2H3. The van der Waals surface area contributed by atoms with Crippen LogP contribution in [0.5, 0.6) is 0 Å². The summed E-state index contributed by atoms with van der Waals surface area (Å²) in [6.07, 6.45) is -0.128. The number of carbonyl (C=O) groups is 1. The van der Waals surface area contributed by atoms with E-state index in [4.69, 9.17) is 21.1 Å². The Balaban J connectivity index is 2.03. The van der Waals surface area contributed by atoms with Crippen LogP contribution < -0.4 is 0 Å². The van der Waals surface area contributed by atoms with Crippen molar-refractivity contribution in [2.75, 3.05) is 13.2 Å². The van der Waals surface area contributed by atoms with Crippen LogP contribution in [0.4, 0.5) is 0 Å². The van der Waals surface area contributed by atoms with Gasteiger partial charge in [0.1, 0.15) is 4.71 Å². The van der Waals surface area contributed by atoms with Gasteiger partial charge in [0.05, 0.1) is 13.0 Å². The first-order chi connectivity index (χ1) is 11.1. The molecular weight excluding hydrogens is 334 g/mol. The van der Waals surface area contributed by atoms with E-state index in [2.05, 4.69) is 11.8 Å². The van der Waals surface area contributed by atoms with Crippen LogP contribution in [-0.2, 0) is 20.8 Å². The van der Waals surface area contributed by atoms with Gasteiger partial charge in [0.15, 0.2) is 0 Å². The molecule has 0 spiro atoms. The molecule has 2 rings (SSSR count). The molecule has 23 heavy (non-hydrogen) atoms. The number of hydrogen-bond donors (Lipinski definition) is 0. The van der Waals surface area contributed by atoms with E-state index in [1.165, 1.54) is 11.9 Å². The van der Waals surface area contributed by atoms with Crippen LogP contribution in [0.1, 0.15) is 31.4 Å². The first-order valence-corrected chi connectivity index (χ1v) is 8.84. The van der Waals surface area contributed by atoms with Gasteiger partial charge in [0.25, 0.3) is 0 Å². The minimum Gasteiger partial charge on any atom is -0.342 e. The first-order valence-electron chi connectivity index (χ1n) is 7.57. The highest BCUT2D eigenvalue weighted by Crippen LogP contribution is 2.33. The fraction of sp³-hybridized carbons (Fsp3) is 0.471. The molecule has 0 bridgehead atoms. The second-order valence-corrected chi connectivity index (χ2v) is 6.87. The highest BCUT2D eigenvalue weighted by atomic mass is 35.5. The third-order valence-electron chi connectivity index (χ3n) is 3.08. The monoisotopic (exact) mass is 353 g/mol. The summed E-state index contributed by atoms with van der Waals surface area (Å²) < 4.78 is 12.3. The second kappa shape index (κ2) is 9.19. The molecule has 0 aromatic heterocycles. The number of benzene rings is 1. The summed E-state index contributed by atoms with van der Waals surface area (Å²) in [5.74, 6) is 6.11. The maximum atomic E-state index is 11.8. The molecule has 1 aliphatic rings. The van der Waals surface area contributed by atoms with E-state index in [9.17, 15) is 4.79 Å². The van der Waals surface area contributed by atoms with Crippen molar-refractivity contribution in [2.24, 2.45) is 0 Å². The Morgan fingerprint density at radius 1 is 1.39 bits per heavy atom. The SMILES string of the molecule is CCOC(C#Cc1cccc(CN2SC(Cl)CC2=O)c1)OCC. The van der Waals surface area contributed by atoms with E-state index in [1.54, 1.807) is 4.31 Å². The van der Waals surface area contributed by atoms with E-state index < -0.39 is 6.29 Å². The summed E-state index contributed by atoms with van der Waals surface area (Å²) in [6, 6.07) is 7.80. The molecule has 1 aromatic carbocycles. The predicted molar refractivity (Wildman–Crippen MR) is 92.8 cm³/mol. The third kappa shape index (κ3) is 5.74. The van der Waals surface area contributed by atoms with Gasteiger partial charge in [0.2, 0.25) is 12.2 Å². The van der Waals surface area contributed by atoms with Crippen molar-refractivity contribution in [1.29, 1.82) is 0 Å². The van der Waals surface area contributed by atoms with Crippen molar-refractivity contribution in [2.45, 2.75) is 37.8 Å².